The van der Waals surface area contributed by atoms with Crippen LogP contribution >= 0.6 is 11.3 Å². The summed E-state index contributed by atoms with van der Waals surface area (Å²) in [6.45, 7) is 9.84. The minimum absolute atomic E-state index is 0.0370. The van der Waals surface area contributed by atoms with E-state index in [1.54, 1.807) is 12.1 Å². The Hall–Kier alpha value is -3.03. The fourth-order valence-corrected chi connectivity index (χ4v) is 3.95. The molecule has 0 unspecified atom stereocenters. The van der Waals surface area contributed by atoms with Crippen molar-refractivity contribution in [2.75, 3.05) is 25.1 Å². The van der Waals surface area contributed by atoms with E-state index >= 15 is 0 Å². The van der Waals surface area contributed by atoms with Crippen LogP contribution in [0.5, 0.6) is 0 Å². The summed E-state index contributed by atoms with van der Waals surface area (Å²) in [4.78, 5) is 24.5. The van der Waals surface area contributed by atoms with E-state index < -0.39 is 0 Å². The number of benzene rings is 1. The summed E-state index contributed by atoms with van der Waals surface area (Å²) >= 11 is 1.42. The van der Waals surface area contributed by atoms with Gasteiger partial charge in [0.2, 0.25) is 0 Å². The fraction of sp³-hybridized carbons (Fsp3) is 0.190. The molecule has 0 fully saturated rings. The first-order chi connectivity index (χ1) is 13.5. The van der Waals surface area contributed by atoms with Gasteiger partial charge in [0.05, 0.1) is 29.2 Å². The number of hydrogen-bond acceptors (Lipinski definition) is 6. The average Bonchev–Trinajstić information content (AvgIpc) is 3.13. The predicted molar refractivity (Wildman–Crippen MR) is 119 cm³/mol. The van der Waals surface area contributed by atoms with Crippen LogP contribution in [0, 0.1) is 0 Å². The van der Waals surface area contributed by atoms with Crippen molar-refractivity contribution < 1.29 is 5.11 Å². The molecule has 7 heteroatoms. The molecule has 28 heavy (non-hydrogen) atoms. The summed E-state index contributed by atoms with van der Waals surface area (Å²) in [5.74, 6) is 0. The van der Waals surface area contributed by atoms with Crippen molar-refractivity contribution >= 4 is 45.2 Å². The zero-order chi connectivity index (χ0) is 20.3. The molecule has 0 aliphatic carbocycles. The average molecular weight is 395 g/mol. The molecule has 2 aromatic heterocycles. The molecule has 0 bridgehead atoms. The Balaban J connectivity index is 2.10. The zero-order valence-electron chi connectivity index (χ0n) is 15.9. The van der Waals surface area contributed by atoms with Crippen molar-refractivity contribution in [3.63, 3.8) is 0 Å². The topological polar surface area (TPSA) is 70.7 Å². The van der Waals surface area contributed by atoms with E-state index in [0.29, 0.717) is 28.1 Å². The van der Waals surface area contributed by atoms with Gasteiger partial charge in [0.1, 0.15) is 11.0 Å². The molecule has 0 spiro atoms. The summed E-state index contributed by atoms with van der Waals surface area (Å²) < 4.78 is 2.11. The van der Waals surface area contributed by atoms with E-state index in [-0.39, 0.29) is 12.2 Å². The highest BCUT2D eigenvalue weighted by Crippen LogP contribution is 2.31. The molecular weight excluding hydrogens is 372 g/mol. The van der Waals surface area contributed by atoms with Crippen molar-refractivity contribution in [1.82, 2.24) is 9.55 Å². The molecular formula is C21H22N4O2S. The molecule has 3 rings (SSSR count). The number of nitrogens with zero attached hydrogens (tertiary/aromatic N) is 4. The summed E-state index contributed by atoms with van der Waals surface area (Å²) in [7, 11) is 1.87. The van der Waals surface area contributed by atoms with Crippen LogP contribution in [0.4, 0.5) is 11.4 Å². The van der Waals surface area contributed by atoms with E-state index in [4.69, 9.17) is 5.11 Å². The van der Waals surface area contributed by atoms with Gasteiger partial charge in [0.15, 0.2) is 0 Å². The van der Waals surface area contributed by atoms with Gasteiger partial charge >= 0.3 is 0 Å². The number of aliphatic hydroxyl groups excluding tert-OH is 1. The van der Waals surface area contributed by atoms with E-state index in [1.807, 2.05) is 43.1 Å². The first-order valence-electron chi connectivity index (χ1n) is 8.74. The first-order valence-corrected chi connectivity index (χ1v) is 9.55. The van der Waals surface area contributed by atoms with E-state index in [9.17, 15) is 4.79 Å². The maximum absolute atomic E-state index is 13.0. The van der Waals surface area contributed by atoms with Gasteiger partial charge in [0, 0.05) is 18.5 Å². The minimum Gasteiger partial charge on any atom is -0.395 e. The van der Waals surface area contributed by atoms with Crippen molar-refractivity contribution in [2.24, 2.45) is 4.99 Å². The van der Waals surface area contributed by atoms with Crippen LogP contribution in [0.3, 0.4) is 0 Å². The van der Waals surface area contributed by atoms with Crippen LogP contribution in [0.1, 0.15) is 11.8 Å². The molecule has 2 heterocycles. The number of likely N-dealkylation sites (N-methyl/N-ethyl adjacent to an activating group) is 1. The van der Waals surface area contributed by atoms with E-state index in [0.717, 1.165) is 16.1 Å². The molecule has 0 saturated carbocycles. The van der Waals surface area contributed by atoms with Gasteiger partial charge in [-0.05, 0) is 43.5 Å². The number of aliphatic hydroxyl groups is 1. The molecule has 0 atom stereocenters. The summed E-state index contributed by atoms with van der Waals surface area (Å²) in [5.41, 5.74) is 3.73. The molecule has 0 aliphatic heterocycles. The highest BCUT2D eigenvalue weighted by atomic mass is 32.1. The van der Waals surface area contributed by atoms with Crippen LogP contribution in [-0.4, -0.2) is 41.6 Å². The highest BCUT2D eigenvalue weighted by Gasteiger charge is 2.13. The van der Waals surface area contributed by atoms with Crippen molar-refractivity contribution in [2.45, 2.75) is 6.92 Å². The van der Waals surface area contributed by atoms with Crippen molar-refractivity contribution in [3.8, 4) is 5.69 Å². The van der Waals surface area contributed by atoms with Crippen molar-refractivity contribution in [1.29, 1.82) is 0 Å². The third kappa shape index (κ3) is 3.67. The smallest absolute Gasteiger partial charge is 0.275 e. The number of allylic oxidation sites excluding steroid dienone is 3. The Morgan fingerprint density at radius 2 is 2.21 bits per heavy atom. The number of thiophene rings is 1. The SMILES string of the molecule is C=C/C=C(\C)c1cc2ncn(-c3ccc(N(C)CCO)c(N=C)c3)c(=O)c2s1. The Labute approximate surface area is 167 Å². The molecule has 0 aliphatic rings. The molecule has 0 saturated heterocycles. The van der Waals surface area contributed by atoms with Crippen LogP contribution in [0.25, 0.3) is 21.5 Å². The summed E-state index contributed by atoms with van der Waals surface area (Å²) in [6, 6.07) is 7.42. The molecule has 1 aromatic carbocycles. The third-order valence-corrected chi connectivity index (χ3v) is 5.70. The monoisotopic (exact) mass is 394 g/mol. The van der Waals surface area contributed by atoms with Gasteiger partial charge in [0.25, 0.3) is 5.56 Å². The van der Waals surface area contributed by atoms with Crippen LogP contribution < -0.4 is 10.5 Å². The fourth-order valence-electron chi connectivity index (χ4n) is 2.93. The summed E-state index contributed by atoms with van der Waals surface area (Å²) in [6.07, 6.45) is 5.17. The predicted octanol–water partition coefficient (Wildman–Crippen LogP) is 3.80. The largest absolute Gasteiger partial charge is 0.395 e. The molecule has 0 amide bonds. The van der Waals surface area contributed by atoms with E-state index in [2.05, 4.69) is 23.3 Å². The standard InChI is InChI=1S/C21H22N4O2S/c1-5-6-14(2)19-12-17-20(28-19)21(27)25(13-23-17)15-7-8-18(16(11-15)22-3)24(4)9-10-26/h5-8,11-13,26H,1,3,9-10H2,2,4H3/b14-6+. The Morgan fingerprint density at radius 3 is 2.89 bits per heavy atom. The van der Waals surface area contributed by atoms with E-state index in [1.165, 1.54) is 22.2 Å². The molecule has 144 valence electrons. The van der Waals surface area contributed by atoms with Gasteiger partial charge in [-0.15, -0.1) is 11.3 Å². The number of aromatic nitrogens is 2. The lowest BCUT2D eigenvalue weighted by Crippen LogP contribution is -2.22. The number of rotatable bonds is 7. The van der Waals surface area contributed by atoms with Gasteiger partial charge < -0.3 is 10.0 Å². The highest BCUT2D eigenvalue weighted by molar-refractivity contribution is 7.19. The maximum atomic E-state index is 13.0. The minimum atomic E-state index is -0.126. The quantitative estimate of drug-likeness (QED) is 0.489. The molecule has 6 nitrogen and oxygen atoms in total. The number of anilines is 1. The van der Waals surface area contributed by atoms with Crippen LogP contribution in [-0.2, 0) is 0 Å². The Morgan fingerprint density at radius 1 is 1.43 bits per heavy atom. The van der Waals surface area contributed by atoms with Crippen LogP contribution in [0.15, 0.2) is 59.1 Å². The number of hydrogen-bond donors (Lipinski definition) is 1. The molecule has 3 aromatic rings. The molecule has 0 radical (unpaired) electrons. The normalized spacial score (nSPS) is 11.6. The number of fused-ring (bicyclic) bond motifs is 1. The van der Waals surface area contributed by atoms with Crippen LogP contribution in [0.2, 0.25) is 0 Å². The lowest BCUT2D eigenvalue weighted by atomic mass is 10.2. The second-order valence-electron chi connectivity index (χ2n) is 6.31. The third-order valence-electron chi connectivity index (χ3n) is 4.45. The second kappa shape index (κ2) is 8.33. The first kappa shape index (κ1) is 19.7. The summed E-state index contributed by atoms with van der Waals surface area (Å²) in [5, 5.41) is 9.16. The van der Waals surface area contributed by atoms with Gasteiger partial charge in [-0.25, -0.2) is 4.98 Å². The lowest BCUT2D eigenvalue weighted by molar-refractivity contribution is 0.304. The van der Waals surface area contributed by atoms with Gasteiger partial charge in [-0.3, -0.25) is 14.4 Å². The van der Waals surface area contributed by atoms with Gasteiger partial charge in [-0.2, -0.15) is 0 Å². The number of aliphatic imine (C=N–C) groups is 1. The van der Waals surface area contributed by atoms with Crippen molar-refractivity contribution in [3.05, 3.63) is 64.6 Å². The van der Waals surface area contributed by atoms with Gasteiger partial charge in [-0.1, -0.05) is 18.7 Å². The second-order valence-corrected chi connectivity index (χ2v) is 7.36. The Bertz CT molecular complexity index is 1130. The maximum Gasteiger partial charge on any atom is 0.275 e. The molecule has 1 N–H and O–H groups in total. The zero-order valence-corrected chi connectivity index (χ0v) is 16.7. The Kier molecular flexibility index (Phi) is 5.87. The lowest BCUT2D eigenvalue weighted by Gasteiger charge is -2.20.